The summed E-state index contributed by atoms with van der Waals surface area (Å²) < 4.78 is 27.5. The predicted octanol–water partition coefficient (Wildman–Crippen LogP) is 2.13. The van der Waals surface area contributed by atoms with Gasteiger partial charge in [-0.15, -0.1) is 11.3 Å². The van der Waals surface area contributed by atoms with E-state index in [2.05, 4.69) is 19.9 Å². The summed E-state index contributed by atoms with van der Waals surface area (Å²) in [6.45, 7) is 2.88. The fourth-order valence-corrected chi connectivity index (χ4v) is 5.97. The van der Waals surface area contributed by atoms with Gasteiger partial charge in [0.2, 0.25) is 10.0 Å². The highest BCUT2D eigenvalue weighted by atomic mass is 35.5. The quantitative estimate of drug-likeness (QED) is 0.459. The van der Waals surface area contributed by atoms with Crippen LogP contribution in [-0.4, -0.2) is 52.5 Å². The van der Waals surface area contributed by atoms with Crippen LogP contribution in [0.2, 0.25) is 4.34 Å². The first kappa shape index (κ1) is 18.0. The zero-order valence-electron chi connectivity index (χ0n) is 13.7. The Kier molecular flexibility index (Phi) is 5.39. The van der Waals surface area contributed by atoms with Crippen molar-refractivity contribution in [3.63, 3.8) is 0 Å². The van der Waals surface area contributed by atoms with Crippen LogP contribution in [0, 0.1) is 5.41 Å². The van der Waals surface area contributed by atoms with Crippen LogP contribution in [0.5, 0.6) is 0 Å². The normalized spacial score (nSPS) is 20.4. The zero-order valence-corrected chi connectivity index (χ0v) is 16.1. The summed E-state index contributed by atoms with van der Waals surface area (Å²) in [5, 5.41) is 3.25. The highest BCUT2D eigenvalue weighted by Crippen LogP contribution is 2.47. The number of rotatable bonds is 5. The molecule has 2 heterocycles. The molecule has 1 aliphatic heterocycles. The average molecular weight is 391 g/mol. The molecule has 0 bridgehead atoms. The Bertz CT molecular complexity index is 713. The van der Waals surface area contributed by atoms with Gasteiger partial charge in [0.1, 0.15) is 4.21 Å². The van der Waals surface area contributed by atoms with Crippen molar-refractivity contribution < 1.29 is 8.42 Å². The van der Waals surface area contributed by atoms with Gasteiger partial charge >= 0.3 is 0 Å². The molecule has 134 valence electrons. The van der Waals surface area contributed by atoms with Crippen molar-refractivity contribution in [3.05, 3.63) is 16.5 Å². The van der Waals surface area contributed by atoms with Crippen molar-refractivity contribution in [2.75, 3.05) is 33.2 Å². The lowest BCUT2D eigenvalue weighted by atomic mass is 9.68. The number of halogens is 1. The lowest BCUT2D eigenvalue weighted by Gasteiger charge is -2.38. The Morgan fingerprint density at radius 3 is 2.71 bits per heavy atom. The van der Waals surface area contributed by atoms with Crippen LogP contribution in [0.1, 0.15) is 25.7 Å². The summed E-state index contributed by atoms with van der Waals surface area (Å²) in [6, 6.07) is 3.11. The van der Waals surface area contributed by atoms with Gasteiger partial charge in [-0.3, -0.25) is 4.99 Å². The van der Waals surface area contributed by atoms with E-state index in [1.807, 2.05) is 0 Å². The second kappa shape index (κ2) is 7.19. The van der Waals surface area contributed by atoms with Gasteiger partial charge in [0.05, 0.1) is 4.34 Å². The predicted molar refractivity (Wildman–Crippen MR) is 98.4 cm³/mol. The van der Waals surface area contributed by atoms with E-state index in [9.17, 15) is 8.42 Å². The summed E-state index contributed by atoms with van der Waals surface area (Å²) in [7, 11) is -1.72. The molecule has 24 heavy (non-hydrogen) atoms. The molecule has 2 aliphatic rings. The number of likely N-dealkylation sites (tertiary alicyclic amines) is 1. The third kappa shape index (κ3) is 3.87. The minimum absolute atomic E-state index is 0.239. The Morgan fingerprint density at radius 1 is 1.38 bits per heavy atom. The van der Waals surface area contributed by atoms with E-state index in [4.69, 9.17) is 11.6 Å². The van der Waals surface area contributed by atoms with Crippen LogP contribution in [0.4, 0.5) is 0 Å². The van der Waals surface area contributed by atoms with E-state index >= 15 is 0 Å². The van der Waals surface area contributed by atoms with Crippen LogP contribution in [0.3, 0.4) is 0 Å². The minimum atomic E-state index is -3.49. The third-order valence-electron chi connectivity index (χ3n) is 4.88. The fourth-order valence-electron chi connectivity index (χ4n) is 3.41. The number of sulfonamides is 1. The number of guanidine groups is 1. The Morgan fingerprint density at radius 2 is 2.17 bits per heavy atom. The van der Waals surface area contributed by atoms with Crippen molar-refractivity contribution in [1.82, 2.24) is 14.9 Å². The standard InChI is InChI=1S/C15H23ClN4O2S2/c1-17-14(20-10-7-15(11-20)5-2-6-15)18-8-9-19-24(21,22)13-4-3-12(16)23-13/h3-4,19H,2,5-11H2,1H3,(H,17,18). The number of hydrogen-bond donors (Lipinski definition) is 2. The Hall–Kier alpha value is -0.830. The van der Waals surface area contributed by atoms with Gasteiger partial charge in [-0.05, 0) is 36.8 Å². The molecule has 9 heteroatoms. The number of hydrogen-bond acceptors (Lipinski definition) is 4. The van der Waals surface area contributed by atoms with E-state index in [1.54, 1.807) is 13.1 Å². The zero-order chi connectivity index (χ0) is 17.2. The van der Waals surface area contributed by atoms with E-state index in [-0.39, 0.29) is 4.21 Å². The van der Waals surface area contributed by atoms with Crippen molar-refractivity contribution in [2.45, 2.75) is 29.9 Å². The third-order valence-corrected chi connectivity index (χ3v) is 8.06. The van der Waals surface area contributed by atoms with Gasteiger partial charge in [0.25, 0.3) is 0 Å². The van der Waals surface area contributed by atoms with Crippen LogP contribution >= 0.6 is 22.9 Å². The van der Waals surface area contributed by atoms with Crippen molar-refractivity contribution in [2.24, 2.45) is 10.4 Å². The molecule has 0 unspecified atom stereocenters. The van der Waals surface area contributed by atoms with E-state index in [0.29, 0.717) is 22.8 Å². The molecule has 3 rings (SSSR count). The fraction of sp³-hybridized carbons (Fsp3) is 0.667. The monoisotopic (exact) mass is 390 g/mol. The molecule has 0 atom stereocenters. The van der Waals surface area contributed by atoms with Crippen LogP contribution in [0.25, 0.3) is 0 Å². The minimum Gasteiger partial charge on any atom is -0.355 e. The molecule has 0 amide bonds. The van der Waals surface area contributed by atoms with Gasteiger partial charge in [-0.2, -0.15) is 0 Å². The molecule has 2 N–H and O–H groups in total. The lowest BCUT2D eigenvalue weighted by molar-refractivity contribution is 0.151. The van der Waals surface area contributed by atoms with Gasteiger partial charge < -0.3 is 10.2 Å². The molecule has 0 aromatic carbocycles. The molecule has 1 aromatic heterocycles. The maximum atomic E-state index is 12.1. The molecule has 2 fully saturated rings. The molecule has 1 saturated carbocycles. The summed E-state index contributed by atoms with van der Waals surface area (Å²) in [5.41, 5.74) is 0.512. The van der Waals surface area contributed by atoms with Gasteiger partial charge in [-0.1, -0.05) is 18.0 Å². The summed E-state index contributed by atoms with van der Waals surface area (Å²) in [6.07, 6.45) is 5.22. The first-order valence-corrected chi connectivity index (χ1v) is 10.8. The smallest absolute Gasteiger partial charge is 0.250 e. The molecule has 1 aromatic rings. The van der Waals surface area contributed by atoms with E-state index < -0.39 is 10.0 Å². The molecular weight excluding hydrogens is 368 g/mol. The lowest BCUT2D eigenvalue weighted by Crippen LogP contribution is -2.44. The molecular formula is C15H23ClN4O2S2. The number of nitrogens with zero attached hydrogens (tertiary/aromatic N) is 2. The highest BCUT2D eigenvalue weighted by Gasteiger charge is 2.43. The van der Waals surface area contributed by atoms with Gasteiger partial charge in [-0.25, -0.2) is 13.1 Å². The molecule has 0 radical (unpaired) electrons. The van der Waals surface area contributed by atoms with E-state index in [1.165, 1.54) is 31.7 Å². The Balaban J connectivity index is 1.45. The summed E-state index contributed by atoms with van der Waals surface area (Å²) in [5.74, 6) is 0.858. The largest absolute Gasteiger partial charge is 0.355 e. The maximum absolute atomic E-state index is 12.1. The summed E-state index contributed by atoms with van der Waals surface area (Å²) in [4.78, 5) is 6.61. The first-order chi connectivity index (χ1) is 11.4. The number of aliphatic imine (C=N–C) groups is 1. The molecule has 1 aliphatic carbocycles. The second-order valence-corrected chi connectivity index (χ2v) is 10.2. The van der Waals surface area contributed by atoms with Crippen LogP contribution in [-0.2, 0) is 10.0 Å². The molecule has 6 nitrogen and oxygen atoms in total. The first-order valence-electron chi connectivity index (χ1n) is 8.15. The SMILES string of the molecule is CN=C(NCCNS(=O)(=O)c1ccc(Cl)s1)N1CCC2(CCC2)C1. The topological polar surface area (TPSA) is 73.8 Å². The van der Waals surface area contributed by atoms with Crippen molar-refractivity contribution >= 4 is 38.9 Å². The number of nitrogens with one attached hydrogen (secondary N) is 2. The summed E-state index contributed by atoms with van der Waals surface area (Å²) >= 11 is 6.85. The molecule has 1 spiro atoms. The Labute approximate surface area is 152 Å². The van der Waals surface area contributed by atoms with Crippen molar-refractivity contribution in [1.29, 1.82) is 0 Å². The van der Waals surface area contributed by atoms with Crippen LogP contribution < -0.4 is 10.0 Å². The molecule has 1 saturated heterocycles. The maximum Gasteiger partial charge on any atom is 0.250 e. The van der Waals surface area contributed by atoms with Gasteiger partial charge in [0, 0.05) is 33.2 Å². The highest BCUT2D eigenvalue weighted by molar-refractivity contribution is 7.91. The van der Waals surface area contributed by atoms with Crippen molar-refractivity contribution in [3.8, 4) is 0 Å². The van der Waals surface area contributed by atoms with Gasteiger partial charge in [0.15, 0.2) is 5.96 Å². The second-order valence-electron chi connectivity index (χ2n) is 6.46. The average Bonchev–Trinajstić information content (AvgIpc) is 3.14. The number of thiophene rings is 1. The van der Waals surface area contributed by atoms with Crippen LogP contribution in [0.15, 0.2) is 21.3 Å². The van der Waals surface area contributed by atoms with E-state index in [0.717, 1.165) is 30.4 Å².